The third kappa shape index (κ3) is 41.4. The van der Waals surface area contributed by atoms with Crippen molar-refractivity contribution in [2.24, 2.45) is 5.73 Å². The summed E-state index contributed by atoms with van der Waals surface area (Å²) in [5.41, 5.74) is 5.37. The Kier molecular flexibility index (Phi) is 40.9. The minimum absolute atomic E-state index is 0.0951. The molecule has 0 fully saturated rings. The summed E-state index contributed by atoms with van der Waals surface area (Å²) in [5, 5.41) is 0. The lowest BCUT2D eigenvalue weighted by atomic mass is 10.1. The molecule has 2 atom stereocenters. The van der Waals surface area contributed by atoms with Gasteiger partial charge in [0.15, 0.2) is 0 Å². The van der Waals surface area contributed by atoms with Crippen LogP contribution in [0.5, 0.6) is 0 Å². The highest BCUT2D eigenvalue weighted by atomic mass is 31.2. The van der Waals surface area contributed by atoms with E-state index >= 15 is 0 Å². The number of nitrogens with two attached hydrogens (primary N) is 1. The fourth-order valence-electron chi connectivity index (χ4n) is 5.75. The van der Waals surface area contributed by atoms with Gasteiger partial charge in [-0.15, -0.1) is 0 Å². The van der Waals surface area contributed by atoms with Crippen LogP contribution in [0.4, 0.5) is 0 Å². The van der Waals surface area contributed by atoms with E-state index in [4.69, 9.17) is 24.3 Å². The summed E-state index contributed by atoms with van der Waals surface area (Å²) >= 11 is 0. The molecule has 0 spiro atoms. The number of carbonyl (C=O) groups excluding carboxylic acids is 1. The van der Waals surface area contributed by atoms with Crippen LogP contribution in [0, 0.1) is 0 Å². The highest BCUT2D eigenvalue weighted by Gasteiger charge is 2.25. The molecule has 314 valence electrons. The summed E-state index contributed by atoms with van der Waals surface area (Å²) < 4.78 is 33.4. The number of allylic oxidation sites excluding steroid dienone is 10. The maximum Gasteiger partial charge on any atom is 0.472 e. The molecule has 54 heavy (non-hydrogen) atoms. The van der Waals surface area contributed by atoms with E-state index < -0.39 is 13.9 Å². The van der Waals surface area contributed by atoms with Crippen molar-refractivity contribution >= 4 is 13.8 Å². The molecule has 0 bridgehead atoms. The molecule has 0 radical (unpaired) electrons. The Bertz CT molecular complexity index is 1010. The van der Waals surface area contributed by atoms with E-state index in [1.807, 2.05) is 0 Å². The third-order valence-electron chi connectivity index (χ3n) is 8.92. The van der Waals surface area contributed by atoms with Gasteiger partial charge in [-0.25, -0.2) is 4.57 Å². The van der Waals surface area contributed by atoms with Crippen molar-refractivity contribution in [1.29, 1.82) is 0 Å². The van der Waals surface area contributed by atoms with Gasteiger partial charge in [0.25, 0.3) is 0 Å². The van der Waals surface area contributed by atoms with Gasteiger partial charge < -0.3 is 20.1 Å². The van der Waals surface area contributed by atoms with Crippen LogP contribution in [0.3, 0.4) is 0 Å². The number of esters is 1. The predicted molar refractivity (Wildman–Crippen MR) is 229 cm³/mol. The van der Waals surface area contributed by atoms with Crippen LogP contribution in [0.15, 0.2) is 60.8 Å². The lowest BCUT2D eigenvalue weighted by molar-refractivity contribution is -0.154. The van der Waals surface area contributed by atoms with Crippen molar-refractivity contribution in [1.82, 2.24) is 0 Å². The van der Waals surface area contributed by atoms with Gasteiger partial charge in [-0.3, -0.25) is 13.8 Å². The maximum absolute atomic E-state index is 12.6. The van der Waals surface area contributed by atoms with Gasteiger partial charge in [0, 0.05) is 19.6 Å². The second-order valence-corrected chi connectivity index (χ2v) is 15.6. The highest BCUT2D eigenvalue weighted by molar-refractivity contribution is 7.47. The fourth-order valence-corrected chi connectivity index (χ4v) is 6.51. The smallest absolute Gasteiger partial charge is 0.457 e. The summed E-state index contributed by atoms with van der Waals surface area (Å²) in [5.74, 6) is -0.343. The summed E-state index contributed by atoms with van der Waals surface area (Å²) in [7, 11) is -4.28. The van der Waals surface area contributed by atoms with Gasteiger partial charge in [-0.05, 0) is 77.0 Å². The molecular weight excluding hydrogens is 697 g/mol. The van der Waals surface area contributed by atoms with E-state index in [-0.39, 0.29) is 32.3 Å². The average Bonchev–Trinajstić information content (AvgIpc) is 3.16. The Hall–Kier alpha value is -1.80. The second-order valence-electron chi connectivity index (χ2n) is 14.2. The number of phosphoric acid groups is 1. The average molecular weight is 780 g/mol. The molecule has 3 N–H and O–H groups in total. The molecule has 0 aromatic carbocycles. The van der Waals surface area contributed by atoms with Crippen molar-refractivity contribution in [3.63, 3.8) is 0 Å². The number of hydrogen-bond donors (Lipinski definition) is 2. The van der Waals surface area contributed by atoms with Crippen LogP contribution < -0.4 is 5.73 Å². The number of hydrogen-bond acceptors (Lipinski definition) is 7. The number of carbonyl (C=O) groups is 1. The van der Waals surface area contributed by atoms with Crippen molar-refractivity contribution in [3.05, 3.63) is 60.8 Å². The molecule has 0 amide bonds. The highest BCUT2D eigenvalue weighted by Crippen LogP contribution is 2.43. The summed E-state index contributed by atoms with van der Waals surface area (Å²) in [6, 6.07) is 0. The minimum Gasteiger partial charge on any atom is -0.457 e. The van der Waals surface area contributed by atoms with E-state index in [1.54, 1.807) is 0 Å². The molecule has 0 aromatic rings. The van der Waals surface area contributed by atoms with E-state index in [9.17, 15) is 14.3 Å². The minimum atomic E-state index is -4.28. The number of rotatable bonds is 41. The van der Waals surface area contributed by atoms with Gasteiger partial charge >= 0.3 is 13.8 Å². The zero-order valence-electron chi connectivity index (χ0n) is 34.7. The SMILES string of the molecule is CC/C=C\C/C=C\C/C=C\CCCCCCCCCCOCC(COP(=O)(O)OCCN)OC(=O)CCCCCCCCC/C=C\C/C=C\CCCCC. The van der Waals surface area contributed by atoms with Gasteiger partial charge in [-0.1, -0.05) is 158 Å². The number of unbranched alkanes of at least 4 members (excludes halogenated alkanes) is 18. The lowest BCUT2D eigenvalue weighted by Gasteiger charge is -2.20. The molecule has 0 saturated heterocycles. The number of ether oxygens (including phenoxy) is 2. The molecule has 0 heterocycles. The van der Waals surface area contributed by atoms with Gasteiger partial charge in [-0.2, -0.15) is 0 Å². The molecule has 0 aliphatic rings. The molecule has 2 unspecified atom stereocenters. The maximum atomic E-state index is 12.6. The zero-order chi connectivity index (χ0) is 39.5. The molecule has 9 heteroatoms. The van der Waals surface area contributed by atoms with Crippen molar-refractivity contribution < 1.29 is 32.8 Å². The summed E-state index contributed by atoms with van der Waals surface area (Å²) in [6.07, 6.45) is 50.9. The molecule has 0 rings (SSSR count). The fraction of sp³-hybridized carbons (Fsp3) is 0.756. The second kappa shape index (κ2) is 42.3. The third-order valence-corrected chi connectivity index (χ3v) is 9.90. The van der Waals surface area contributed by atoms with Crippen molar-refractivity contribution in [2.75, 3.05) is 33.0 Å². The van der Waals surface area contributed by atoms with Crippen molar-refractivity contribution in [2.45, 2.75) is 187 Å². The standard InChI is InChI=1S/C45H82NO7P/c1-3-5-7-9-11-13-15-17-19-21-23-25-27-29-31-33-35-37-40-50-42-44(43-52-54(48,49)51-41-39-46)53-45(47)38-36-34-32-30-28-26-24-22-20-18-16-14-12-10-8-6-4-2/h5,7,11-14,17-20,44H,3-4,6,8-10,15-16,21-43,46H2,1-2H3,(H,48,49)/b7-5-,13-11-,14-12-,19-17-,20-18-. The van der Waals surface area contributed by atoms with E-state index in [0.29, 0.717) is 13.0 Å². The molecular formula is C45H82NO7P. The molecule has 0 aliphatic carbocycles. The first-order chi connectivity index (χ1) is 26.4. The Labute approximate surface area is 332 Å². The largest absolute Gasteiger partial charge is 0.472 e. The normalized spacial score (nSPS) is 14.1. The van der Waals surface area contributed by atoms with Crippen LogP contribution in [0.1, 0.15) is 181 Å². The molecule has 0 saturated carbocycles. The Balaban J connectivity index is 4.06. The predicted octanol–water partition coefficient (Wildman–Crippen LogP) is 13.0. The molecule has 0 aliphatic heterocycles. The van der Waals surface area contributed by atoms with Crippen LogP contribution in [0.2, 0.25) is 0 Å². The van der Waals surface area contributed by atoms with Gasteiger partial charge in [0.2, 0.25) is 0 Å². The van der Waals surface area contributed by atoms with Crippen LogP contribution in [0.25, 0.3) is 0 Å². The topological polar surface area (TPSA) is 117 Å². The summed E-state index contributed by atoms with van der Waals surface area (Å²) in [4.78, 5) is 22.5. The van der Waals surface area contributed by atoms with Gasteiger partial charge in [0.05, 0.1) is 19.8 Å². The molecule has 8 nitrogen and oxygen atoms in total. The molecule has 0 aromatic heterocycles. The zero-order valence-corrected chi connectivity index (χ0v) is 35.6. The Morgan fingerprint density at radius 1 is 0.574 bits per heavy atom. The summed E-state index contributed by atoms with van der Waals surface area (Å²) in [6.45, 7) is 4.76. The van der Waals surface area contributed by atoms with Gasteiger partial charge in [0.1, 0.15) is 6.10 Å². The Morgan fingerprint density at radius 3 is 1.56 bits per heavy atom. The number of phosphoric ester groups is 1. The van der Waals surface area contributed by atoms with Crippen LogP contribution in [-0.4, -0.2) is 49.9 Å². The van der Waals surface area contributed by atoms with Crippen molar-refractivity contribution in [3.8, 4) is 0 Å². The Morgan fingerprint density at radius 2 is 1.04 bits per heavy atom. The van der Waals surface area contributed by atoms with Crippen LogP contribution >= 0.6 is 7.82 Å². The van der Waals surface area contributed by atoms with Crippen LogP contribution in [-0.2, 0) is 27.9 Å². The van der Waals surface area contributed by atoms with E-state index in [2.05, 4.69) is 74.6 Å². The monoisotopic (exact) mass is 780 g/mol. The first-order valence-electron chi connectivity index (χ1n) is 21.8. The first-order valence-corrected chi connectivity index (χ1v) is 23.3. The van der Waals surface area contributed by atoms with E-state index in [0.717, 1.165) is 70.6 Å². The quantitative estimate of drug-likeness (QED) is 0.0273. The van der Waals surface area contributed by atoms with E-state index in [1.165, 1.54) is 89.9 Å². The first kappa shape index (κ1) is 52.2. The lowest BCUT2D eigenvalue weighted by Crippen LogP contribution is -2.28.